The molecule has 0 aliphatic rings. The Morgan fingerprint density at radius 2 is 1.81 bits per heavy atom. The monoisotopic (exact) mass is 232 g/mol. The Hall–Kier alpha value is -1.30. The third kappa shape index (κ3) is 6.23. The first-order valence-electron chi connectivity index (χ1n) is 5.29. The molecular weight excluding hydrogens is 212 g/mol. The molecule has 0 saturated heterocycles. The van der Waals surface area contributed by atoms with E-state index >= 15 is 0 Å². The highest BCUT2D eigenvalue weighted by molar-refractivity contribution is 5.74. The van der Waals surface area contributed by atoms with Gasteiger partial charge in [0.2, 0.25) is 0 Å². The van der Waals surface area contributed by atoms with Crippen molar-refractivity contribution < 1.29 is 19.8 Å². The van der Waals surface area contributed by atoms with Gasteiger partial charge in [0, 0.05) is 19.0 Å². The van der Waals surface area contributed by atoms with Crippen LogP contribution in [0.3, 0.4) is 0 Å². The van der Waals surface area contributed by atoms with Gasteiger partial charge in [0.25, 0.3) is 0 Å². The fourth-order valence-electron chi connectivity index (χ4n) is 0.870. The van der Waals surface area contributed by atoms with Gasteiger partial charge >= 0.3 is 12.0 Å². The third-order valence-electron chi connectivity index (χ3n) is 2.35. The lowest BCUT2D eigenvalue weighted by molar-refractivity contribution is -0.146. The molecule has 0 aliphatic heterocycles. The maximum Gasteiger partial charge on any atom is 0.332 e. The van der Waals surface area contributed by atoms with Crippen molar-refractivity contribution in [1.82, 2.24) is 10.6 Å². The molecule has 16 heavy (non-hydrogen) atoms. The van der Waals surface area contributed by atoms with Crippen LogP contribution in [0.2, 0.25) is 0 Å². The van der Waals surface area contributed by atoms with E-state index in [1.165, 1.54) is 0 Å². The first-order chi connectivity index (χ1) is 7.34. The van der Waals surface area contributed by atoms with Crippen molar-refractivity contribution in [2.24, 2.45) is 5.92 Å². The van der Waals surface area contributed by atoms with Crippen LogP contribution in [0.4, 0.5) is 4.79 Å². The van der Waals surface area contributed by atoms with Crippen molar-refractivity contribution in [2.75, 3.05) is 6.54 Å². The number of nitrogens with one attached hydrogen (secondary N) is 2. The summed E-state index contributed by atoms with van der Waals surface area (Å²) in [6.45, 7) is 5.98. The summed E-state index contributed by atoms with van der Waals surface area (Å²) in [5.74, 6) is -0.951. The Kier molecular flexibility index (Phi) is 6.48. The molecule has 0 fully saturated rings. The number of amides is 2. The predicted octanol–water partition coefficient (Wildman–Crippen LogP) is 0.166. The third-order valence-corrected chi connectivity index (χ3v) is 2.35. The molecule has 0 rings (SSSR count). The first-order valence-corrected chi connectivity index (χ1v) is 5.29. The molecule has 0 heterocycles. The molecule has 0 aromatic heterocycles. The SMILES string of the molecule is CC(C)C(C)NC(=O)NCCC(O)C(=O)O. The van der Waals surface area contributed by atoms with Gasteiger partial charge in [0.15, 0.2) is 6.10 Å². The van der Waals surface area contributed by atoms with Gasteiger partial charge in [-0.15, -0.1) is 0 Å². The zero-order valence-electron chi connectivity index (χ0n) is 9.86. The zero-order chi connectivity index (χ0) is 12.7. The van der Waals surface area contributed by atoms with Crippen molar-refractivity contribution in [3.05, 3.63) is 0 Å². The van der Waals surface area contributed by atoms with Crippen LogP contribution in [0.1, 0.15) is 27.2 Å². The van der Waals surface area contributed by atoms with E-state index < -0.39 is 12.1 Å². The molecule has 4 N–H and O–H groups in total. The summed E-state index contributed by atoms with van der Waals surface area (Å²) in [5.41, 5.74) is 0. The van der Waals surface area contributed by atoms with Crippen molar-refractivity contribution >= 4 is 12.0 Å². The number of aliphatic hydroxyl groups excluding tert-OH is 1. The maximum absolute atomic E-state index is 11.3. The standard InChI is InChI=1S/C10H20N2O4/c1-6(2)7(3)12-10(16)11-5-4-8(13)9(14)15/h6-8,13H,4-5H2,1-3H3,(H,14,15)(H2,11,12,16). The lowest BCUT2D eigenvalue weighted by Gasteiger charge is -2.17. The molecule has 94 valence electrons. The highest BCUT2D eigenvalue weighted by Crippen LogP contribution is 1.98. The van der Waals surface area contributed by atoms with Crippen molar-refractivity contribution in [1.29, 1.82) is 0 Å². The molecular formula is C10H20N2O4. The van der Waals surface area contributed by atoms with Crippen LogP contribution in [0.5, 0.6) is 0 Å². The minimum Gasteiger partial charge on any atom is -0.479 e. The van der Waals surface area contributed by atoms with Crippen molar-refractivity contribution in [2.45, 2.75) is 39.3 Å². The molecule has 2 unspecified atom stereocenters. The molecule has 0 aromatic carbocycles. The second-order valence-corrected chi connectivity index (χ2v) is 4.08. The van der Waals surface area contributed by atoms with Crippen LogP contribution in [0, 0.1) is 5.92 Å². The summed E-state index contributed by atoms with van der Waals surface area (Å²) in [5, 5.41) is 22.5. The predicted molar refractivity (Wildman–Crippen MR) is 59.1 cm³/mol. The number of carboxylic acids is 1. The smallest absolute Gasteiger partial charge is 0.332 e. The second-order valence-electron chi connectivity index (χ2n) is 4.08. The molecule has 0 saturated carbocycles. The van der Waals surface area contributed by atoms with E-state index in [0.29, 0.717) is 5.92 Å². The first kappa shape index (κ1) is 14.7. The number of aliphatic carboxylic acids is 1. The van der Waals surface area contributed by atoms with E-state index in [1.807, 2.05) is 20.8 Å². The number of carboxylic acid groups (broad SMARTS) is 1. The average Bonchev–Trinajstić information content (AvgIpc) is 2.16. The Balaban J connectivity index is 3.70. The summed E-state index contributed by atoms with van der Waals surface area (Å²) in [6, 6.07) is -0.303. The highest BCUT2D eigenvalue weighted by Gasteiger charge is 2.14. The van der Waals surface area contributed by atoms with Crippen LogP contribution in [0.15, 0.2) is 0 Å². The van der Waals surface area contributed by atoms with E-state index in [9.17, 15) is 9.59 Å². The molecule has 0 radical (unpaired) electrons. The molecule has 0 aromatic rings. The van der Waals surface area contributed by atoms with Gasteiger partial charge in [-0.2, -0.15) is 0 Å². The van der Waals surface area contributed by atoms with Gasteiger partial charge in [0.05, 0.1) is 0 Å². The molecule has 2 atom stereocenters. The molecule has 0 spiro atoms. The quantitative estimate of drug-likeness (QED) is 0.524. The van der Waals surface area contributed by atoms with Gasteiger partial charge in [-0.3, -0.25) is 0 Å². The fourth-order valence-corrected chi connectivity index (χ4v) is 0.870. The van der Waals surface area contributed by atoms with Crippen LogP contribution in [0.25, 0.3) is 0 Å². The Labute approximate surface area is 95.0 Å². The summed E-state index contributed by atoms with van der Waals surface area (Å²) >= 11 is 0. The molecule has 2 amide bonds. The fraction of sp³-hybridized carbons (Fsp3) is 0.800. The molecule has 6 heteroatoms. The zero-order valence-corrected chi connectivity index (χ0v) is 9.86. The summed E-state index contributed by atoms with van der Waals surface area (Å²) in [7, 11) is 0. The Bertz CT molecular complexity index is 243. The number of hydrogen-bond acceptors (Lipinski definition) is 3. The van der Waals surface area contributed by atoms with E-state index in [2.05, 4.69) is 10.6 Å². The number of aliphatic hydroxyl groups is 1. The van der Waals surface area contributed by atoms with E-state index in [0.717, 1.165) is 0 Å². The number of hydrogen-bond donors (Lipinski definition) is 4. The van der Waals surface area contributed by atoms with E-state index in [4.69, 9.17) is 10.2 Å². The average molecular weight is 232 g/mol. The van der Waals surface area contributed by atoms with E-state index in [1.54, 1.807) is 0 Å². The lowest BCUT2D eigenvalue weighted by atomic mass is 10.1. The van der Waals surface area contributed by atoms with Gasteiger partial charge in [-0.25, -0.2) is 9.59 Å². The van der Waals surface area contributed by atoms with Crippen LogP contribution in [-0.2, 0) is 4.79 Å². The van der Waals surface area contributed by atoms with Gasteiger partial charge in [0.1, 0.15) is 0 Å². The molecule has 0 bridgehead atoms. The summed E-state index contributed by atoms with van der Waals surface area (Å²) in [6.07, 6.45) is -1.43. The van der Waals surface area contributed by atoms with E-state index in [-0.39, 0.29) is 25.0 Å². The number of rotatable bonds is 6. The number of carbonyl (C=O) groups excluding carboxylic acids is 1. The second kappa shape index (κ2) is 7.05. The summed E-state index contributed by atoms with van der Waals surface area (Å²) < 4.78 is 0. The molecule has 0 aliphatic carbocycles. The van der Waals surface area contributed by atoms with Crippen molar-refractivity contribution in [3.8, 4) is 0 Å². The number of carbonyl (C=O) groups is 2. The van der Waals surface area contributed by atoms with Crippen LogP contribution in [-0.4, -0.2) is 40.9 Å². The normalized spacial score (nSPS) is 14.3. The van der Waals surface area contributed by atoms with Crippen LogP contribution < -0.4 is 10.6 Å². The van der Waals surface area contributed by atoms with Gasteiger partial charge < -0.3 is 20.8 Å². The topological polar surface area (TPSA) is 98.7 Å². The Morgan fingerprint density at radius 3 is 2.25 bits per heavy atom. The maximum atomic E-state index is 11.3. The summed E-state index contributed by atoms with van der Waals surface area (Å²) in [4.78, 5) is 21.5. The lowest BCUT2D eigenvalue weighted by Crippen LogP contribution is -2.43. The van der Waals surface area contributed by atoms with Crippen molar-refractivity contribution in [3.63, 3.8) is 0 Å². The number of urea groups is 1. The highest BCUT2D eigenvalue weighted by atomic mass is 16.4. The van der Waals surface area contributed by atoms with Gasteiger partial charge in [-0.1, -0.05) is 13.8 Å². The minimum atomic E-state index is -1.43. The Morgan fingerprint density at radius 1 is 1.25 bits per heavy atom. The minimum absolute atomic E-state index is 0.00118. The van der Waals surface area contributed by atoms with Gasteiger partial charge in [-0.05, 0) is 12.8 Å². The van der Waals surface area contributed by atoms with Crippen LogP contribution >= 0.6 is 0 Å². The molecule has 6 nitrogen and oxygen atoms in total. The largest absolute Gasteiger partial charge is 0.479 e.